The summed E-state index contributed by atoms with van der Waals surface area (Å²) in [5.41, 5.74) is 3.58. The van der Waals surface area contributed by atoms with E-state index in [0.717, 1.165) is 16.8 Å². The van der Waals surface area contributed by atoms with Crippen molar-refractivity contribution in [1.29, 1.82) is 0 Å². The lowest BCUT2D eigenvalue weighted by molar-refractivity contribution is -0.116. The number of aryl methyl sites for hydroxylation is 2. The first-order valence-electron chi connectivity index (χ1n) is 8.43. The van der Waals surface area contributed by atoms with Gasteiger partial charge in [-0.2, -0.15) is 0 Å². The van der Waals surface area contributed by atoms with Crippen LogP contribution in [0.2, 0.25) is 0 Å². The third-order valence-corrected chi connectivity index (χ3v) is 4.62. The highest BCUT2D eigenvalue weighted by Crippen LogP contribution is 2.23. The molecule has 2 heterocycles. The fourth-order valence-electron chi connectivity index (χ4n) is 3.19. The fourth-order valence-corrected chi connectivity index (χ4v) is 3.19. The molecule has 130 valence electrons. The third kappa shape index (κ3) is 2.90. The van der Waals surface area contributed by atoms with Gasteiger partial charge in [-0.25, -0.2) is 4.98 Å². The Morgan fingerprint density at radius 3 is 2.85 bits per heavy atom. The van der Waals surface area contributed by atoms with Crippen LogP contribution >= 0.6 is 0 Å². The monoisotopic (exact) mass is 347 g/mol. The number of Topliss-reactive ketones (excluding diaryl/α,β-unsaturated/α-hetero) is 1. The van der Waals surface area contributed by atoms with Gasteiger partial charge in [0.05, 0.1) is 23.8 Å². The zero-order valence-electron chi connectivity index (χ0n) is 14.3. The molecule has 1 amide bonds. The second-order valence-electron chi connectivity index (χ2n) is 6.54. The fraction of sp³-hybridized carbons (Fsp3) is 0.200. The average molecular weight is 347 g/mol. The highest BCUT2D eigenvalue weighted by atomic mass is 16.2. The summed E-state index contributed by atoms with van der Waals surface area (Å²) < 4.78 is 1.34. The molecule has 0 saturated heterocycles. The number of carbonyl (C=O) groups is 2. The summed E-state index contributed by atoms with van der Waals surface area (Å²) in [6, 6.07) is 10.7. The lowest BCUT2D eigenvalue weighted by Crippen LogP contribution is -2.25. The van der Waals surface area contributed by atoms with E-state index in [1.54, 1.807) is 30.3 Å². The summed E-state index contributed by atoms with van der Waals surface area (Å²) in [5, 5.41) is 3.30. The van der Waals surface area contributed by atoms with E-state index in [2.05, 4.69) is 10.3 Å². The van der Waals surface area contributed by atoms with Crippen LogP contribution in [0.25, 0.3) is 10.9 Å². The highest BCUT2D eigenvalue weighted by Gasteiger charge is 2.17. The predicted molar refractivity (Wildman–Crippen MR) is 98.5 cm³/mol. The van der Waals surface area contributed by atoms with Crippen LogP contribution < -0.4 is 10.9 Å². The molecule has 0 radical (unpaired) electrons. The molecule has 1 aliphatic heterocycles. The molecule has 6 nitrogen and oxygen atoms in total. The minimum atomic E-state index is -0.225. The molecule has 0 spiro atoms. The Kier molecular flexibility index (Phi) is 3.88. The summed E-state index contributed by atoms with van der Waals surface area (Å²) in [4.78, 5) is 41.0. The van der Waals surface area contributed by atoms with E-state index in [9.17, 15) is 14.4 Å². The summed E-state index contributed by atoms with van der Waals surface area (Å²) in [7, 11) is 0. The molecule has 3 aromatic rings. The van der Waals surface area contributed by atoms with Crippen molar-refractivity contribution in [2.75, 3.05) is 5.32 Å². The molecule has 1 aromatic heterocycles. The summed E-state index contributed by atoms with van der Waals surface area (Å²) >= 11 is 0. The molecular formula is C20H17N3O3. The number of carbonyl (C=O) groups excluding carboxylic acids is 2. The van der Waals surface area contributed by atoms with Crippen LogP contribution in [0.5, 0.6) is 0 Å². The first-order valence-corrected chi connectivity index (χ1v) is 8.43. The van der Waals surface area contributed by atoms with Crippen LogP contribution in [-0.2, 0) is 17.8 Å². The Morgan fingerprint density at radius 2 is 2.00 bits per heavy atom. The van der Waals surface area contributed by atoms with E-state index in [0.29, 0.717) is 29.3 Å². The second kappa shape index (κ2) is 6.22. The Morgan fingerprint density at radius 1 is 1.15 bits per heavy atom. The quantitative estimate of drug-likeness (QED) is 0.738. The Bertz CT molecular complexity index is 1110. The van der Waals surface area contributed by atoms with Crippen molar-refractivity contribution in [2.24, 2.45) is 0 Å². The van der Waals surface area contributed by atoms with Crippen molar-refractivity contribution in [2.45, 2.75) is 26.3 Å². The maximum absolute atomic E-state index is 12.6. The molecule has 0 saturated carbocycles. The van der Waals surface area contributed by atoms with Gasteiger partial charge >= 0.3 is 0 Å². The molecule has 6 heteroatoms. The molecule has 2 aromatic carbocycles. The molecule has 0 fully saturated rings. The van der Waals surface area contributed by atoms with Crippen molar-refractivity contribution < 1.29 is 9.59 Å². The van der Waals surface area contributed by atoms with Gasteiger partial charge in [0, 0.05) is 17.7 Å². The first-order chi connectivity index (χ1) is 12.5. The topological polar surface area (TPSA) is 81.1 Å². The van der Waals surface area contributed by atoms with Crippen LogP contribution in [0.1, 0.15) is 27.9 Å². The van der Waals surface area contributed by atoms with Crippen LogP contribution in [0.3, 0.4) is 0 Å². The number of aromatic nitrogens is 2. The standard InChI is InChI=1S/C20H17N3O3/c1-12-2-5-17-15(8-12)20(26)23(11-21-17)10-18(24)14-3-6-16-13(9-14)4-7-19(25)22-16/h2-3,5-6,8-9,11H,4,7,10H2,1H3,(H,22,25). The van der Waals surface area contributed by atoms with Crippen LogP contribution in [0.4, 0.5) is 5.69 Å². The van der Waals surface area contributed by atoms with Gasteiger partial charge in [-0.1, -0.05) is 11.6 Å². The number of amides is 1. The van der Waals surface area contributed by atoms with Gasteiger partial charge in [-0.3, -0.25) is 19.0 Å². The number of fused-ring (bicyclic) bond motifs is 2. The van der Waals surface area contributed by atoms with Crippen LogP contribution in [0, 0.1) is 6.92 Å². The molecule has 1 N–H and O–H groups in total. The SMILES string of the molecule is Cc1ccc2ncn(CC(=O)c3ccc4c(c3)CCC(=O)N4)c(=O)c2c1. The van der Waals surface area contributed by atoms with Gasteiger partial charge in [0.2, 0.25) is 5.91 Å². The van der Waals surface area contributed by atoms with Crippen LogP contribution in [-0.4, -0.2) is 21.2 Å². The Hall–Kier alpha value is -3.28. The summed E-state index contributed by atoms with van der Waals surface area (Å²) in [5.74, 6) is -0.179. The van der Waals surface area contributed by atoms with Gasteiger partial charge in [0.15, 0.2) is 5.78 Å². The number of anilines is 1. The molecule has 0 atom stereocenters. The highest BCUT2D eigenvalue weighted by molar-refractivity contribution is 5.99. The average Bonchev–Trinajstić information content (AvgIpc) is 2.64. The van der Waals surface area contributed by atoms with Gasteiger partial charge in [-0.05, 0) is 49.2 Å². The Balaban J connectivity index is 1.64. The maximum Gasteiger partial charge on any atom is 0.261 e. The molecule has 4 rings (SSSR count). The number of benzene rings is 2. The van der Waals surface area contributed by atoms with E-state index in [-0.39, 0.29) is 23.8 Å². The zero-order chi connectivity index (χ0) is 18.3. The number of hydrogen-bond donors (Lipinski definition) is 1. The summed E-state index contributed by atoms with van der Waals surface area (Å²) in [6.45, 7) is 1.84. The first kappa shape index (κ1) is 16.2. The van der Waals surface area contributed by atoms with E-state index < -0.39 is 0 Å². The minimum Gasteiger partial charge on any atom is -0.326 e. The molecule has 1 aliphatic rings. The molecule has 0 unspecified atom stereocenters. The predicted octanol–water partition coefficient (Wildman–Crippen LogP) is 2.47. The summed E-state index contributed by atoms with van der Waals surface area (Å²) in [6.07, 6.45) is 2.44. The number of nitrogens with one attached hydrogen (secondary N) is 1. The van der Waals surface area contributed by atoms with Crippen molar-refractivity contribution in [3.05, 3.63) is 69.8 Å². The Labute approximate surface area is 149 Å². The molecular weight excluding hydrogens is 330 g/mol. The lowest BCUT2D eigenvalue weighted by atomic mass is 9.99. The molecule has 0 bridgehead atoms. The van der Waals surface area contributed by atoms with Gasteiger partial charge in [0.1, 0.15) is 0 Å². The van der Waals surface area contributed by atoms with Gasteiger partial charge < -0.3 is 5.32 Å². The maximum atomic E-state index is 12.6. The van der Waals surface area contributed by atoms with E-state index in [1.807, 2.05) is 13.0 Å². The number of nitrogens with zero attached hydrogens (tertiary/aromatic N) is 2. The molecule has 26 heavy (non-hydrogen) atoms. The number of ketones is 1. The third-order valence-electron chi connectivity index (χ3n) is 4.62. The van der Waals surface area contributed by atoms with Gasteiger partial charge in [-0.15, -0.1) is 0 Å². The van der Waals surface area contributed by atoms with Crippen molar-refractivity contribution >= 4 is 28.3 Å². The lowest BCUT2D eigenvalue weighted by Gasteiger charge is -2.17. The van der Waals surface area contributed by atoms with E-state index in [1.165, 1.54) is 10.9 Å². The largest absolute Gasteiger partial charge is 0.326 e. The van der Waals surface area contributed by atoms with Crippen LogP contribution in [0.15, 0.2) is 47.5 Å². The van der Waals surface area contributed by atoms with Gasteiger partial charge in [0.25, 0.3) is 5.56 Å². The van der Waals surface area contributed by atoms with Crippen molar-refractivity contribution in [3.63, 3.8) is 0 Å². The van der Waals surface area contributed by atoms with E-state index >= 15 is 0 Å². The molecule has 0 aliphatic carbocycles. The number of hydrogen-bond acceptors (Lipinski definition) is 4. The normalized spacial score (nSPS) is 13.3. The van der Waals surface area contributed by atoms with Crippen molar-refractivity contribution in [3.8, 4) is 0 Å². The zero-order valence-corrected chi connectivity index (χ0v) is 14.3. The smallest absolute Gasteiger partial charge is 0.261 e. The minimum absolute atomic E-state index is 0.0133. The van der Waals surface area contributed by atoms with E-state index in [4.69, 9.17) is 0 Å². The second-order valence-corrected chi connectivity index (χ2v) is 6.54. The number of rotatable bonds is 3. The van der Waals surface area contributed by atoms with Crippen molar-refractivity contribution in [1.82, 2.24) is 9.55 Å².